The number of nitrogens with zero attached hydrogens (tertiary/aromatic N) is 3. The standard InChI is InChI=1S/C25H28N6O3/c1-15-2-6-19-22(28-15)20(10-13-26-19)30-24(33)25(34)11-8-17(9-12-25)27-14-18-5-3-16-4-7-21(32)31-23(16)29-18/h2-3,5-6,10,13,17,27,34H,4,7-9,11-12,14H2,1H3,(H,26,30,33)(H,29,31,32)/t17-,25+. The van der Waals surface area contributed by atoms with Gasteiger partial charge < -0.3 is 21.1 Å². The van der Waals surface area contributed by atoms with Gasteiger partial charge in [-0.2, -0.15) is 0 Å². The normalized spacial score (nSPS) is 22.2. The van der Waals surface area contributed by atoms with E-state index >= 15 is 0 Å². The lowest BCUT2D eigenvalue weighted by molar-refractivity contribution is -0.137. The fourth-order valence-electron chi connectivity index (χ4n) is 4.62. The smallest absolute Gasteiger partial charge is 0.256 e. The molecule has 0 unspecified atom stereocenters. The van der Waals surface area contributed by atoms with Crippen molar-refractivity contribution in [2.45, 2.75) is 63.6 Å². The highest BCUT2D eigenvalue weighted by molar-refractivity contribution is 6.02. The van der Waals surface area contributed by atoms with Crippen molar-refractivity contribution in [1.29, 1.82) is 0 Å². The maximum Gasteiger partial charge on any atom is 0.256 e. The van der Waals surface area contributed by atoms with Gasteiger partial charge in [-0.1, -0.05) is 6.07 Å². The second kappa shape index (κ2) is 9.08. The molecule has 5 rings (SSSR count). The van der Waals surface area contributed by atoms with Crippen molar-refractivity contribution in [3.8, 4) is 0 Å². The van der Waals surface area contributed by atoms with Crippen LogP contribution in [0.4, 0.5) is 11.5 Å². The average molecular weight is 461 g/mol. The van der Waals surface area contributed by atoms with Crippen molar-refractivity contribution in [2.24, 2.45) is 0 Å². The lowest BCUT2D eigenvalue weighted by Gasteiger charge is -2.35. The molecule has 1 fully saturated rings. The topological polar surface area (TPSA) is 129 Å². The van der Waals surface area contributed by atoms with Crippen LogP contribution in [0, 0.1) is 6.92 Å². The molecular formula is C25H28N6O3. The number of hydrogen-bond donors (Lipinski definition) is 4. The largest absolute Gasteiger partial charge is 0.380 e. The summed E-state index contributed by atoms with van der Waals surface area (Å²) < 4.78 is 0. The predicted molar refractivity (Wildman–Crippen MR) is 128 cm³/mol. The predicted octanol–water partition coefficient (Wildman–Crippen LogP) is 2.62. The van der Waals surface area contributed by atoms with Crippen LogP contribution in [-0.4, -0.2) is 43.5 Å². The van der Waals surface area contributed by atoms with Crippen molar-refractivity contribution >= 4 is 34.4 Å². The first-order valence-electron chi connectivity index (χ1n) is 11.7. The molecule has 1 aliphatic carbocycles. The van der Waals surface area contributed by atoms with E-state index in [1.54, 1.807) is 12.3 Å². The van der Waals surface area contributed by atoms with Crippen LogP contribution in [-0.2, 0) is 22.6 Å². The number of amides is 2. The second-order valence-electron chi connectivity index (χ2n) is 9.18. The number of fused-ring (bicyclic) bond motifs is 2. The molecule has 34 heavy (non-hydrogen) atoms. The number of carbonyl (C=O) groups excluding carboxylic acids is 2. The first kappa shape index (κ1) is 22.4. The lowest BCUT2D eigenvalue weighted by Crippen LogP contribution is -2.48. The van der Waals surface area contributed by atoms with E-state index in [-0.39, 0.29) is 11.9 Å². The molecule has 0 spiro atoms. The summed E-state index contributed by atoms with van der Waals surface area (Å²) in [6.07, 6.45) is 4.90. The van der Waals surface area contributed by atoms with Crippen molar-refractivity contribution < 1.29 is 14.7 Å². The van der Waals surface area contributed by atoms with Crippen molar-refractivity contribution in [1.82, 2.24) is 20.3 Å². The molecule has 2 amide bonds. The van der Waals surface area contributed by atoms with Crippen LogP contribution in [0.5, 0.6) is 0 Å². The second-order valence-corrected chi connectivity index (χ2v) is 9.18. The van der Waals surface area contributed by atoms with E-state index in [2.05, 4.69) is 30.9 Å². The van der Waals surface area contributed by atoms with Crippen LogP contribution in [0.15, 0.2) is 36.5 Å². The summed E-state index contributed by atoms with van der Waals surface area (Å²) in [7, 11) is 0. The van der Waals surface area contributed by atoms with E-state index in [1.807, 2.05) is 31.2 Å². The third-order valence-corrected chi connectivity index (χ3v) is 6.69. The van der Waals surface area contributed by atoms with Crippen LogP contribution < -0.4 is 16.0 Å². The van der Waals surface area contributed by atoms with E-state index in [9.17, 15) is 14.7 Å². The van der Waals surface area contributed by atoms with Gasteiger partial charge in [-0.15, -0.1) is 0 Å². The Morgan fingerprint density at radius 1 is 1.15 bits per heavy atom. The van der Waals surface area contributed by atoms with Crippen LogP contribution in [0.3, 0.4) is 0 Å². The fraction of sp³-hybridized carbons (Fsp3) is 0.400. The number of hydrogen-bond acceptors (Lipinski definition) is 7. The summed E-state index contributed by atoms with van der Waals surface area (Å²) in [6, 6.07) is 9.61. The zero-order valence-corrected chi connectivity index (χ0v) is 19.1. The summed E-state index contributed by atoms with van der Waals surface area (Å²) in [5, 5.41) is 20.2. The fourth-order valence-corrected chi connectivity index (χ4v) is 4.62. The van der Waals surface area contributed by atoms with Crippen LogP contribution >= 0.6 is 0 Å². The molecule has 0 saturated heterocycles. The van der Waals surface area contributed by atoms with Gasteiger partial charge >= 0.3 is 0 Å². The highest BCUT2D eigenvalue weighted by atomic mass is 16.3. The minimum absolute atomic E-state index is 0.000584. The van der Waals surface area contributed by atoms with Crippen molar-refractivity contribution in [3.63, 3.8) is 0 Å². The Kier molecular flexibility index (Phi) is 5.97. The number of rotatable bonds is 5. The summed E-state index contributed by atoms with van der Waals surface area (Å²) in [5.74, 6) is 0.244. The maximum absolute atomic E-state index is 13.0. The molecule has 9 nitrogen and oxygen atoms in total. The van der Waals surface area contributed by atoms with Gasteiger partial charge in [0, 0.05) is 30.9 Å². The molecule has 2 aliphatic rings. The Balaban J connectivity index is 1.18. The summed E-state index contributed by atoms with van der Waals surface area (Å²) in [6.45, 7) is 2.45. The Morgan fingerprint density at radius 3 is 2.79 bits per heavy atom. The minimum atomic E-state index is -1.42. The molecule has 0 radical (unpaired) electrons. The Labute approximate surface area is 197 Å². The Morgan fingerprint density at radius 2 is 1.97 bits per heavy atom. The van der Waals surface area contributed by atoms with Gasteiger partial charge in [0.15, 0.2) is 0 Å². The van der Waals surface area contributed by atoms with Gasteiger partial charge in [0.25, 0.3) is 5.91 Å². The molecule has 9 heteroatoms. The highest BCUT2D eigenvalue weighted by Gasteiger charge is 2.40. The van der Waals surface area contributed by atoms with Crippen molar-refractivity contribution in [3.05, 3.63) is 53.5 Å². The Bertz CT molecular complexity index is 1250. The molecule has 3 aromatic rings. The molecule has 3 aromatic heterocycles. The van der Waals surface area contributed by atoms with Gasteiger partial charge in [-0.3, -0.25) is 14.6 Å². The number of aromatic nitrogens is 3. The zero-order chi connectivity index (χ0) is 23.7. The number of pyridine rings is 3. The summed E-state index contributed by atoms with van der Waals surface area (Å²) in [5.41, 5.74) is 3.18. The van der Waals surface area contributed by atoms with Crippen LogP contribution in [0.1, 0.15) is 49.1 Å². The molecule has 1 aliphatic heterocycles. The molecule has 0 bridgehead atoms. The number of carbonyl (C=O) groups is 2. The SMILES string of the molecule is Cc1ccc2nccc(NC(=O)[C@]3(O)CC[C@@H](NCc4ccc5c(n4)NC(=O)CC5)CC3)c2n1. The number of anilines is 2. The van der Waals surface area contributed by atoms with E-state index in [1.165, 1.54) is 0 Å². The number of aryl methyl sites for hydroxylation is 2. The quantitative estimate of drug-likeness (QED) is 0.461. The van der Waals surface area contributed by atoms with E-state index in [4.69, 9.17) is 0 Å². The molecule has 1 saturated carbocycles. The molecular weight excluding hydrogens is 432 g/mol. The van der Waals surface area contributed by atoms with Gasteiger partial charge in [0.05, 0.1) is 16.9 Å². The average Bonchev–Trinajstić information content (AvgIpc) is 2.84. The molecule has 4 N–H and O–H groups in total. The van der Waals surface area contributed by atoms with Gasteiger partial charge in [-0.25, -0.2) is 9.97 Å². The zero-order valence-electron chi connectivity index (χ0n) is 19.1. The molecule has 4 heterocycles. The van der Waals surface area contributed by atoms with E-state index in [0.29, 0.717) is 61.2 Å². The summed E-state index contributed by atoms with van der Waals surface area (Å²) >= 11 is 0. The monoisotopic (exact) mass is 460 g/mol. The lowest BCUT2D eigenvalue weighted by atomic mass is 9.81. The third-order valence-electron chi connectivity index (χ3n) is 6.69. The summed E-state index contributed by atoms with van der Waals surface area (Å²) in [4.78, 5) is 38.0. The molecule has 0 aromatic carbocycles. The van der Waals surface area contributed by atoms with Gasteiger partial charge in [0.2, 0.25) is 5.91 Å². The first-order valence-corrected chi connectivity index (χ1v) is 11.7. The van der Waals surface area contributed by atoms with Gasteiger partial charge in [0.1, 0.15) is 16.9 Å². The first-order chi connectivity index (χ1) is 16.4. The van der Waals surface area contributed by atoms with Crippen LogP contribution in [0.2, 0.25) is 0 Å². The Hall–Kier alpha value is -3.43. The van der Waals surface area contributed by atoms with Crippen LogP contribution in [0.25, 0.3) is 11.0 Å². The maximum atomic E-state index is 13.0. The number of aliphatic hydroxyl groups is 1. The van der Waals surface area contributed by atoms with Gasteiger partial charge in [-0.05, 0) is 68.9 Å². The third kappa shape index (κ3) is 4.62. The van der Waals surface area contributed by atoms with Crippen molar-refractivity contribution in [2.75, 3.05) is 10.6 Å². The number of nitrogens with one attached hydrogen (secondary N) is 3. The van der Waals surface area contributed by atoms with E-state index in [0.717, 1.165) is 23.4 Å². The highest BCUT2D eigenvalue weighted by Crippen LogP contribution is 2.31. The molecule has 0 atom stereocenters. The minimum Gasteiger partial charge on any atom is -0.380 e. The van der Waals surface area contributed by atoms with E-state index < -0.39 is 11.5 Å². The molecule has 176 valence electrons.